The van der Waals surface area contributed by atoms with E-state index in [0.717, 1.165) is 0 Å². The van der Waals surface area contributed by atoms with E-state index >= 15 is 0 Å². The third-order valence-corrected chi connectivity index (χ3v) is 3.18. The van der Waals surface area contributed by atoms with Crippen LogP contribution in [0.2, 0.25) is 0 Å². The number of rotatable bonds is 7. The number of alkyl carbamates (subject to hydrolysis) is 1. The fourth-order valence-corrected chi connectivity index (χ4v) is 2.18. The minimum atomic E-state index is -1.22. The molecule has 7 nitrogen and oxygen atoms in total. The van der Waals surface area contributed by atoms with Crippen LogP contribution in [-0.2, 0) is 14.3 Å². The Bertz CT molecular complexity index is 578. The monoisotopic (exact) mass is 337 g/mol. The van der Waals surface area contributed by atoms with Crippen molar-refractivity contribution in [1.82, 2.24) is 5.32 Å². The van der Waals surface area contributed by atoms with Gasteiger partial charge in [0.15, 0.2) is 0 Å². The molecular weight excluding hydrogens is 314 g/mol. The van der Waals surface area contributed by atoms with Gasteiger partial charge in [0.1, 0.15) is 5.60 Å². The summed E-state index contributed by atoms with van der Waals surface area (Å²) in [5, 5.41) is 20.7. The minimum absolute atomic E-state index is 0.0507. The second-order valence-corrected chi connectivity index (χ2v) is 6.48. The van der Waals surface area contributed by atoms with Gasteiger partial charge in [-0.3, -0.25) is 9.59 Å². The van der Waals surface area contributed by atoms with E-state index in [-0.39, 0.29) is 6.42 Å². The summed E-state index contributed by atoms with van der Waals surface area (Å²) in [7, 11) is 0. The van der Waals surface area contributed by atoms with Gasteiger partial charge in [-0.15, -0.1) is 0 Å². The van der Waals surface area contributed by atoms with Gasteiger partial charge in [-0.25, -0.2) is 4.79 Å². The first kappa shape index (κ1) is 19.5. The molecule has 0 saturated heterocycles. The number of carboxylic acids is 2. The maximum atomic E-state index is 12.0. The van der Waals surface area contributed by atoms with Crippen LogP contribution in [0.15, 0.2) is 30.3 Å². The molecule has 2 atom stereocenters. The number of hydrogen-bond donors (Lipinski definition) is 3. The van der Waals surface area contributed by atoms with Crippen LogP contribution in [0.3, 0.4) is 0 Å². The minimum Gasteiger partial charge on any atom is -0.481 e. The summed E-state index contributed by atoms with van der Waals surface area (Å²) in [5.41, 5.74) is -0.0153. The van der Waals surface area contributed by atoms with Crippen LogP contribution in [-0.4, -0.2) is 33.8 Å². The highest BCUT2D eigenvalue weighted by atomic mass is 16.6. The van der Waals surface area contributed by atoms with Crippen LogP contribution in [0.5, 0.6) is 0 Å². The third kappa shape index (κ3) is 7.13. The number of ether oxygens (including phenoxy) is 1. The Kier molecular flexibility index (Phi) is 6.76. The van der Waals surface area contributed by atoms with Crippen molar-refractivity contribution in [3.63, 3.8) is 0 Å². The molecule has 7 heteroatoms. The van der Waals surface area contributed by atoms with E-state index in [4.69, 9.17) is 9.84 Å². The second-order valence-electron chi connectivity index (χ2n) is 6.48. The van der Waals surface area contributed by atoms with Crippen molar-refractivity contribution in [2.24, 2.45) is 5.92 Å². The van der Waals surface area contributed by atoms with Gasteiger partial charge in [0.25, 0.3) is 0 Å². The highest BCUT2D eigenvalue weighted by Crippen LogP contribution is 2.24. The van der Waals surface area contributed by atoms with E-state index in [1.165, 1.54) is 0 Å². The van der Waals surface area contributed by atoms with Gasteiger partial charge in [-0.1, -0.05) is 30.3 Å². The van der Waals surface area contributed by atoms with Crippen molar-refractivity contribution >= 4 is 18.0 Å². The van der Waals surface area contributed by atoms with Gasteiger partial charge in [0.05, 0.1) is 18.4 Å². The van der Waals surface area contributed by atoms with Crippen molar-refractivity contribution in [2.45, 2.75) is 45.3 Å². The molecule has 2 unspecified atom stereocenters. The van der Waals surface area contributed by atoms with E-state index < -0.39 is 42.0 Å². The standard InChI is InChI=1S/C17H23NO6/c1-17(2,3)24-16(23)18-13(11-7-5-4-6-8-11)9-12(15(21)22)10-14(19)20/h4-8,12-13H,9-10H2,1-3H3,(H,18,23)(H,19,20)(H,21,22). The predicted molar refractivity (Wildman–Crippen MR) is 86.5 cm³/mol. The number of benzene rings is 1. The first-order chi connectivity index (χ1) is 11.1. The van der Waals surface area contributed by atoms with Crippen molar-refractivity contribution in [3.8, 4) is 0 Å². The highest BCUT2D eigenvalue weighted by molar-refractivity contribution is 5.78. The number of carboxylic acid groups (broad SMARTS) is 2. The lowest BCUT2D eigenvalue weighted by Crippen LogP contribution is -2.36. The zero-order valence-corrected chi connectivity index (χ0v) is 14.0. The molecule has 1 rings (SSSR count). The number of carbonyl (C=O) groups is 3. The molecule has 0 spiro atoms. The summed E-state index contributed by atoms with van der Waals surface area (Å²) >= 11 is 0. The fourth-order valence-electron chi connectivity index (χ4n) is 2.18. The maximum absolute atomic E-state index is 12.0. The van der Waals surface area contributed by atoms with Crippen molar-refractivity contribution in [1.29, 1.82) is 0 Å². The molecule has 0 aliphatic rings. The number of aliphatic carboxylic acids is 2. The topological polar surface area (TPSA) is 113 Å². The molecule has 1 aromatic carbocycles. The van der Waals surface area contributed by atoms with Gasteiger partial charge >= 0.3 is 18.0 Å². The Labute approximate surface area is 140 Å². The fraction of sp³-hybridized carbons (Fsp3) is 0.471. The van der Waals surface area contributed by atoms with Crippen molar-refractivity contribution in [3.05, 3.63) is 35.9 Å². The largest absolute Gasteiger partial charge is 0.481 e. The number of hydrogen-bond acceptors (Lipinski definition) is 4. The van der Waals surface area contributed by atoms with E-state index in [0.29, 0.717) is 5.56 Å². The Balaban J connectivity index is 2.95. The van der Waals surface area contributed by atoms with Gasteiger partial charge in [0.2, 0.25) is 0 Å². The number of carbonyl (C=O) groups excluding carboxylic acids is 1. The zero-order valence-electron chi connectivity index (χ0n) is 14.0. The molecular formula is C17H23NO6. The lowest BCUT2D eigenvalue weighted by molar-refractivity contribution is -0.148. The van der Waals surface area contributed by atoms with Crippen LogP contribution < -0.4 is 5.32 Å². The molecule has 0 fully saturated rings. The smallest absolute Gasteiger partial charge is 0.408 e. The molecule has 0 saturated carbocycles. The highest BCUT2D eigenvalue weighted by Gasteiger charge is 2.28. The molecule has 0 radical (unpaired) electrons. The van der Waals surface area contributed by atoms with E-state index in [2.05, 4.69) is 5.32 Å². The summed E-state index contributed by atoms with van der Waals surface area (Å²) in [6, 6.07) is 8.11. The van der Waals surface area contributed by atoms with Gasteiger partial charge in [0, 0.05) is 0 Å². The van der Waals surface area contributed by atoms with Crippen molar-refractivity contribution in [2.75, 3.05) is 0 Å². The third-order valence-electron chi connectivity index (χ3n) is 3.18. The van der Waals surface area contributed by atoms with Crippen LogP contribution in [0.4, 0.5) is 4.79 Å². The van der Waals surface area contributed by atoms with Crippen molar-refractivity contribution < 1.29 is 29.3 Å². The average molecular weight is 337 g/mol. The summed E-state index contributed by atoms with van der Waals surface area (Å²) in [4.78, 5) is 34.2. The molecule has 1 amide bonds. The van der Waals surface area contributed by atoms with E-state index in [1.807, 2.05) is 0 Å². The van der Waals surface area contributed by atoms with E-state index in [9.17, 15) is 19.5 Å². The zero-order chi connectivity index (χ0) is 18.3. The molecule has 0 heterocycles. The Morgan fingerprint density at radius 2 is 1.71 bits per heavy atom. The quantitative estimate of drug-likeness (QED) is 0.705. The second kappa shape index (κ2) is 8.33. The van der Waals surface area contributed by atoms with Crippen LogP contribution in [0, 0.1) is 5.92 Å². The molecule has 0 aliphatic heterocycles. The first-order valence-electron chi connectivity index (χ1n) is 7.57. The average Bonchev–Trinajstić information content (AvgIpc) is 2.44. The molecule has 132 valence electrons. The van der Waals surface area contributed by atoms with Gasteiger partial charge in [-0.2, -0.15) is 0 Å². The lowest BCUT2D eigenvalue weighted by atomic mass is 9.92. The first-order valence-corrected chi connectivity index (χ1v) is 7.57. The summed E-state index contributed by atoms with van der Waals surface area (Å²) in [6.07, 6.45) is -1.25. The molecule has 0 aromatic heterocycles. The molecule has 0 bridgehead atoms. The Morgan fingerprint density at radius 1 is 1.12 bits per heavy atom. The van der Waals surface area contributed by atoms with E-state index in [1.54, 1.807) is 51.1 Å². The predicted octanol–water partition coefficient (Wildman–Crippen LogP) is 2.82. The number of nitrogens with one attached hydrogen (secondary N) is 1. The molecule has 1 aromatic rings. The normalized spacial score (nSPS) is 13.6. The maximum Gasteiger partial charge on any atom is 0.408 e. The number of amides is 1. The van der Waals surface area contributed by atoms with Gasteiger partial charge in [-0.05, 0) is 32.8 Å². The van der Waals surface area contributed by atoms with Crippen LogP contribution in [0.25, 0.3) is 0 Å². The van der Waals surface area contributed by atoms with Crippen LogP contribution >= 0.6 is 0 Å². The van der Waals surface area contributed by atoms with Gasteiger partial charge < -0.3 is 20.3 Å². The molecule has 0 aliphatic carbocycles. The summed E-state index contributed by atoms with van der Waals surface area (Å²) in [5.74, 6) is -3.54. The van der Waals surface area contributed by atoms with Crippen LogP contribution in [0.1, 0.15) is 45.2 Å². The Morgan fingerprint density at radius 3 is 2.17 bits per heavy atom. The lowest BCUT2D eigenvalue weighted by Gasteiger charge is -2.25. The molecule has 24 heavy (non-hydrogen) atoms. The summed E-state index contributed by atoms with van der Waals surface area (Å²) < 4.78 is 5.20. The summed E-state index contributed by atoms with van der Waals surface area (Å²) in [6.45, 7) is 5.15. The Hall–Kier alpha value is -2.57. The SMILES string of the molecule is CC(C)(C)OC(=O)NC(CC(CC(=O)O)C(=O)O)c1ccccc1. The molecule has 3 N–H and O–H groups in total.